The fourth-order valence-electron chi connectivity index (χ4n) is 9.25. The molecular formula is C49H55N3OSi+2. The second kappa shape index (κ2) is 13.2. The zero-order valence-corrected chi connectivity index (χ0v) is 34.7. The van der Waals surface area contributed by atoms with Gasteiger partial charge in [-0.05, 0) is 91.6 Å². The first-order valence-electron chi connectivity index (χ1n) is 19.7. The molecule has 0 bridgehead atoms. The van der Waals surface area contributed by atoms with Gasteiger partial charge >= 0.3 is 0 Å². The van der Waals surface area contributed by atoms with Gasteiger partial charge in [-0.2, -0.15) is 4.57 Å². The van der Waals surface area contributed by atoms with Crippen LogP contribution < -0.4 is 4.57 Å². The summed E-state index contributed by atoms with van der Waals surface area (Å²) in [5, 5.41) is 2.14. The van der Waals surface area contributed by atoms with Gasteiger partial charge in [0.2, 0.25) is 28.9 Å². The quantitative estimate of drug-likeness (QED) is 0.131. The van der Waals surface area contributed by atoms with Crippen molar-refractivity contribution in [1.82, 2.24) is 4.98 Å². The minimum atomic E-state index is -1.36. The van der Waals surface area contributed by atoms with Crippen molar-refractivity contribution in [3.63, 3.8) is 0 Å². The molecule has 2 atom stereocenters. The van der Waals surface area contributed by atoms with Crippen LogP contribution in [0.15, 0.2) is 103 Å². The van der Waals surface area contributed by atoms with Gasteiger partial charge in [0.1, 0.15) is 6.54 Å². The predicted octanol–water partition coefficient (Wildman–Crippen LogP) is 11.7. The number of hydrogen-bond donors (Lipinski definition) is 0. The average Bonchev–Trinajstić information content (AvgIpc) is 3.50. The van der Waals surface area contributed by atoms with E-state index in [2.05, 4.69) is 162 Å². The lowest BCUT2D eigenvalue weighted by molar-refractivity contribution is -0.622. The lowest BCUT2D eigenvalue weighted by atomic mass is 9.78. The van der Waals surface area contributed by atoms with Gasteiger partial charge in [-0.3, -0.25) is 0 Å². The molecule has 0 aliphatic carbocycles. The largest absolute Gasteiger partial charge is 0.437 e. The third-order valence-corrected chi connectivity index (χ3v) is 13.7. The minimum Gasteiger partial charge on any atom is -0.437 e. The minimum absolute atomic E-state index is 0.0447. The van der Waals surface area contributed by atoms with Crippen molar-refractivity contribution in [2.75, 3.05) is 6.54 Å². The summed E-state index contributed by atoms with van der Waals surface area (Å²) in [6, 6.07) is 28.4. The maximum atomic E-state index is 7.00. The molecule has 3 aromatic carbocycles. The van der Waals surface area contributed by atoms with Crippen molar-refractivity contribution < 1.29 is 13.6 Å². The lowest BCUT2D eigenvalue weighted by Crippen LogP contribution is -2.50. The highest BCUT2D eigenvalue weighted by Crippen LogP contribution is 2.44. The van der Waals surface area contributed by atoms with Crippen molar-refractivity contribution in [3.05, 3.63) is 137 Å². The highest BCUT2D eigenvalue weighted by molar-refractivity contribution is 6.76. The Labute approximate surface area is 322 Å². The molecule has 0 radical (unpaired) electrons. The van der Waals surface area contributed by atoms with Gasteiger partial charge in [0.25, 0.3) is 0 Å². The van der Waals surface area contributed by atoms with Crippen molar-refractivity contribution in [2.45, 2.75) is 97.4 Å². The predicted molar refractivity (Wildman–Crippen MR) is 230 cm³/mol. The maximum Gasteiger partial charge on any atom is 0.249 e. The third kappa shape index (κ3) is 6.11. The molecule has 0 spiro atoms. The van der Waals surface area contributed by atoms with Gasteiger partial charge in [-0.25, -0.2) is 9.56 Å². The van der Waals surface area contributed by atoms with Crippen LogP contribution in [0.2, 0.25) is 25.7 Å². The fourth-order valence-corrected chi connectivity index (χ4v) is 10.2. The van der Waals surface area contributed by atoms with Gasteiger partial charge in [0, 0.05) is 46.2 Å². The highest BCUT2D eigenvalue weighted by atomic mass is 28.3. The standard InChI is InChI=1S/C49H55N3OSi/c1-12-42-37-16-14-13-15-36(37)38-19-17-34-18-20-39-40-21-22-41(44-31(3)27-30(2)28-32(44)4)50-48(40)53-47(39)45(34)43-29-35(49(6,7)8)23-24-51(43)33(5)46(38)52(42)25-26-54(9,10)11/h12-16,18,20-24,27-29,38,46H,1,5,17,19,25-26H2,2-4,6-11H3/q+2. The van der Waals surface area contributed by atoms with Crippen LogP contribution in [0.5, 0.6) is 0 Å². The SMILES string of the molecule is C=CC1=[N+](CC[Si](C)(C)C)C2C(=C)[n+]3ccc(C(C)(C)C)cc3-c3c(ccc4c3oc3nc(-c5c(C)cc(C)cc5C)ccc34)CCC2c2ccccc21. The summed E-state index contributed by atoms with van der Waals surface area (Å²) in [6.07, 6.45) is 6.26. The van der Waals surface area contributed by atoms with E-state index < -0.39 is 8.07 Å². The van der Waals surface area contributed by atoms with Gasteiger partial charge in [0.05, 0.1) is 25.2 Å². The number of furan rings is 1. The monoisotopic (exact) mass is 729 g/mol. The number of fused-ring (bicyclic) bond motifs is 10. The number of hydrogen-bond acceptors (Lipinski definition) is 2. The second-order valence-electron chi connectivity index (χ2n) is 18.1. The number of benzene rings is 3. The maximum absolute atomic E-state index is 7.00. The highest BCUT2D eigenvalue weighted by Gasteiger charge is 2.48. The van der Waals surface area contributed by atoms with Crippen LogP contribution >= 0.6 is 0 Å². The lowest BCUT2D eigenvalue weighted by Gasteiger charge is -2.32. The molecule has 2 aliphatic heterocycles. The molecule has 5 heteroatoms. The number of nitrogens with zero attached hydrogens (tertiary/aromatic N) is 3. The Morgan fingerprint density at radius 2 is 1.63 bits per heavy atom. The molecule has 0 saturated heterocycles. The molecule has 0 N–H and O–H groups in total. The summed E-state index contributed by atoms with van der Waals surface area (Å²) in [6.45, 7) is 31.2. The zero-order valence-electron chi connectivity index (χ0n) is 33.7. The van der Waals surface area contributed by atoms with E-state index in [1.807, 2.05) is 0 Å². The first kappa shape index (κ1) is 36.1. The molecule has 54 heavy (non-hydrogen) atoms. The summed E-state index contributed by atoms with van der Waals surface area (Å²) in [7, 11) is -1.36. The Balaban J connectivity index is 1.39. The number of pyridine rings is 2. The summed E-state index contributed by atoms with van der Waals surface area (Å²) in [5.41, 5.74) is 17.2. The van der Waals surface area contributed by atoms with Crippen molar-refractivity contribution in [1.29, 1.82) is 0 Å². The topological polar surface area (TPSA) is 32.9 Å². The fraction of sp³-hybridized carbons (Fsp3) is 0.327. The van der Waals surface area contributed by atoms with Crippen LogP contribution in [0, 0.1) is 20.8 Å². The van der Waals surface area contributed by atoms with Gasteiger partial charge in [0.15, 0.2) is 11.8 Å². The van der Waals surface area contributed by atoms with Crippen molar-refractivity contribution in [2.24, 2.45) is 0 Å². The van der Waals surface area contributed by atoms with Crippen LogP contribution in [0.25, 0.3) is 50.3 Å². The summed E-state index contributed by atoms with van der Waals surface area (Å²) >= 11 is 0. The normalized spacial score (nSPS) is 17.4. The summed E-state index contributed by atoms with van der Waals surface area (Å²) < 4.78 is 12.0. The molecule has 274 valence electrons. The van der Waals surface area contributed by atoms with Crippen LogP contribution in [0.4, 0.5) is 0 Å². The Morgan fingerprint density at radius 3 is 2.33 bits per heavy atom. The van der Waals surface area contributed by atoms with Crippen LogP contribution in [-0.4, -0.2) is 35.9 Å². The van der Waals surface area contributed by atoms with E-state index in [4.69, 9.17) is 16.0 Å². The molecule has 2 unspecified atom stereocenters. The van der Waals surface area contributed by atoms with E-state index in [-0.39, 0.29) is 17.4 Å². The van der Waals surface area contributed by atoms with E-state index in [0.29, 0.717) is 5.71 Å². The molecule has 3 aromatic heterocycles. The Morgan fingerprint density at radius 1 is 0.907 bits per heavy atom. The zero-order chi connectivity index (χ0) is 38.3. The molecular weight excluding hydrogens is 675 g/mol. The molecule has 8 rings (SSSR count). The summed E-state index contributed by atoms with van der Waals surface area (Å²) in [5.74, 6) is 0.254. The van der Waals surface area contributed by atoms with Crippen molar-refractivity contribution in [3.8, 4) is 22.5 Å². The average molecular weight is 730 g/mol. The third-order valence-electron chi connectivity index (χ3n) is 11.9. The molecule has 2 aliphatic rings. The first-order valence-corrected chi connectivity index (χ1v) is 23.4. The van der Waals surface area contributed by atoms with Gasteiger partial charge in [-0.1, -0.05) is 95.0 Å². The molecule has 6 aromatic rings. The number of allylic oxidation sites excluding steroid dienone is 1. The first-order chi connectivity index (χ1) is 25.6. The Bertz CT molecular complexity index is 2530. The van der Waals surface area contributed by atoms with Crippen LogP contribution in [0.3, 0.4) is 0 Å². The molecule has 5 heterocycles. The van der Waals surface area contributed by atoms with Gasteiger partial charge in [-0.15, -0.1) is 0 Å². The van der Waals surface area contributed by atoms with E-state index in [9.17, 15) is 0 Å². The second-order valence-corrected chi connectivity index (χ2v) is 23.7. The van der Waals surface area contributed by atoms with Gasteiger partial charge < -0.3 is 4.42 Å². The van der Waals surface area contributed by atoms with E-state index >= 15 is 0 Å². The van der Waals surface area contributed by atoms with Crippen molar-refractivity contribution >= 4 is 41.6 Å². The molecule has 0 amide bonds. The van der Waals surface area contributed by atoms with Crippen LogP contribution in [0.1, 0.15) is 72.1 Å². The molecule has 4 nitrogen and oxygen atoms in total. The number of aromatic nitrogens is 2. The smallest absolute Gasteiger partial charge is 0.249 e. The van der Waals surface area contributed by atoms with E-state index in [0.717, 1.165) is 58.4 Å². The number of rotatable bonds is 5. The molecule has 0 fully saturated rings. The Kier molecular flexibility index (Phi) is 8.80. The summed E-state index contributed by atoms with van der Waals surface area (Å²) in [4.78, 5) is 5.22. The van der Waals surface area contributed by atoms with Crippen LogP contribution in [-0.2, 0) is 11.8 Å². The Hall–Kier alpha value is -4.87. The number of aryl methyl sites for hydroxylation is 4. The van der Waals surface area contributed by atoms with E-state index in [1.165, 1.54) is 56.3 Å². The van der Waals surface area contributed by atoms with E-state index in [1.54, 1.807) is 0 Å². The molecule has 0 saturated carbocycles.